The summed E-state index contributed by atoms with van der Waals surface area (Å²) in [4.78, 5) is 2.17. The maximum Gasteiger partial charge on any atom is 0.0717 e. The summed E-state index contributed by atoms with van der Waals surface area (Å²) in [5.41, 5.74) is 6.66. The highest BCUT2D eigenvalue weighted by molar-refractivity contribution is 5.13. The molecule has 0 saturated carbocycles. The van der Waals surface area contributed by atoms with Gasteiger partial charge in [-0.1, -0.05) is 30.3 Å². The van der Waals surface area contributed by atoms with Crippen molar-refractivity contribution in [2.45, 2.75) is 6.61 Å². The van der Waals surface area contributed by atoms with Crippen molar-refractivity contribution in [1.29, 1.82) is 0 Å². The summed E-state index contributed by atoms with van der Waals surface area (Å²) in [6.07, 6.45) is 0. The van der Waals surface area contributed by atoms with Gasteiger partial charge in [0, 0.05) is 19.6 Å². The molecule has 0 heterocycles. The second-order valence-electron chi connectivity index (χ2n) is 3.63. The van der Waals surface area contributed by atoms with Crippen molar-refractivity contribution in [3.05, 3.63) is 35.9 Å². The molecule has 0 spiro atoms. The molecule has 1 aromatic rings. The van der Waals surface area contributed by atoms with Crippen LogP contribution in [0.1, 0.15) is 5.56 Å². The van der Waals surface area contributed by atoms with Crippen molar-refractivity contribution in [1.82, 2.24) is 4.90 Å². The van der Waals surface area contributed by atoms with Gasteiger partial charge in [-0.3, -0.25) is 0 Å². The molecule has 84 valence electrons. The Hall–Kier alpha value is -0.900. The molecule has 0 saturated heterocycles. The third kappa shape index (κ3) is 5.52. The molecular formula is C12H20N2O. The summed E-state index contributed by atoms with van der Waals surface area (Å²) in [5.74, 6) is 0. The zero-order valence-corrected chi connectivity index (χ0v) is 9.36. The van der Waals surface area contributed by atoms with Gasteiger partial charge in [-0.15, -0.1) is 0 Å². The van der Waals surface area contributed by atoms with Gasteiger partial charge in [0.25, 0.3) is 0 Å². The molecule has 0 fully saturated rings. The molecule has 2 N–H and O–H groups in total. The van der Waals surface area contributed by atoms with Crippen LogP contribution < -0.4 is 5.73 Å². The minimum atomic E-state index is 0.692. The first kappa shape index (κ1) is 12.2. The van der Waals surface area contributed by atoms with E-state index in [2.05, 4.69) is 24.1 Å². The van der Waals surface area contributed by atoms with Crippen molar-refractivity contribution in [3.8, 4) is 0 Å². The van der Waals surface area contributed by atoms with E-state index in [4.69, 9.17) is 10.5 Å². The first-order chi connectivity index (χ1) is 7.33. The first-order valence-electron chi connectivity index (χ1n) is 5.33. The molecule has 0 aromatic heterocycles. The number of hydrogen-bond acceptors (Lipinski definition) is 3. The third-order valence-electron chi connectivity index (χ3n) is 2.24. The van der Waals surface area contributed by atoms with Gasteiger partial charge < -0.3 is 15.4 Å². The predicted octanol–water partition coefficient (Wildman–Crippen LogP) is 1.09. The predicted molar refractivity (Wildman–Crippen MR) is 62.6 cm³/mol. The van der Waals surface area contributed by atoms with Crippen LogP contribution in [0.3, 0.4) is 0 Å². The van der Waals surface area contributed by atoms with Crippen LogP contribution in [0.5, 0.6) is 0 Å². The van der Waals surface area contributed by atoms with Gasteiger partial charge in [-0.2, -0.15) is 0 Å². The Kier molecular flexibility index (Phi) is 6.00. The van der Waals surface area contributed by atoms with Gasteiger partial charge in [0.05, 0.1) is 13.2 Å². The van der Waals surface area contributed by atoms with E-state index in [-0.39, 0.29) is 0 Å². The second-order valence-corrected chi connectivity index (χ2v) is 3.63. The fourth-order valence-electron chi connectivity index (χ4n) is 1.32. The lowest BCUT2D eigenvalue weighted by Crippen LogP contribution is -2.28. The molecule has 1 rings (SSSR count). The van der Waals surface area contributed by atoms with Gasteiger partial charge in [0.2, 0.25) is 0 Å². The topological polar surface area (TPSA) is 38.5 Å². The molecule has 0 atom stereocenters. The molecule has 0 aliphatic heterocycles. The minimum absolute atomic E-state index is 0.692. The molecule has 0 aliphatic carbocycles. The van der Waals surface area contributed by atoms with E-state index in [9.17, 15) is 0 Å². The molecule has 0 radical (unpaired) electrons. The Morgan fingerprint density at radius 3 is 2.60 bits per heavy atom. The van der Waals surface area contributed by atoms with Gasteiger partial charge >= 0.3 is 0 Å². The number of nitrogens with two attached hydrogens (primary N) is 1. The van der Waals surface area contributed by atoms with Crippen molar-refractivity contribution in [3.63, 3.8) is 0 Å². The number of hydrogen-bond donors (Lipinski definition) is 1. The second kappa shape index (κ2) is 7.40. The maximum atomic E-state index is 5.55. The number of rotatable bonds is 7. The van der Waals surface area contributed by atoms with Gasteiger partial charge in [-0.05, 0) is 12.6 Å². The van der Waals surface area contributed by atoms with E-state index in [1.165, 1.54) is 5.56 Å². The van der Waals surface area contributed by atoms with E-state index < -0.39 is 0 Å². The summed E-state index contributed by atoms with van der Waals surface area (Å²) >= 11 is 0. The van der Waals surface area contributed by atoms with E-state index in [0.717, 1.165) is 19.7 Å². The lowest BCUT2D eigenvalue weighted by molar-refractivity contribution is 0.100. The zero-order valence-electron chi connectivity index (χ0n) is 9.36. The van der Waals surface area contributed by atoms with Crippen molar-refractivity contribution in [2.24, 2.45) is 5.73 Å². The molecule has 15 heavy (non-hydrogen) atoms. The quantitative estimate of drug-likeness (QED) is 0.682. The van der Waals surface area contributed by atoms with E-state index in [0.29, 0.717) is 13.2 Å². The average molecular weight is 208 g/mol. The number of nitrogens with zero attached hydrogens (tertiary/aromatic N) is 1. The molecule has 3 heteroatoms. The highest BCUT2D eigenvalue weighted by Crippen LogP contribution is 1.99. The number of benzene rings is 1. The average Bonchev–Trinajstić information content (AvgIpc) is 2.26. The first-order valence-corrected chi connectivity index (χ1v) is 5.33. The smallest absolute Gasteiger partial charge is 0.0717 e. The monoisotopic (exact) mass is 208 g/mol. The van der Waals surface area contributed by atoms with E-state index >= 15 is 0 Å². The minimum Gasteiger partial charge on any atom is -0.375 e. The molecule has 0 amide bonds. The molecule has 0 bridgehead atoms. The summed E-state index contributed by atoms with van der Waals surface area (Å²) < 4.78 is 5.55. The van der Waals surface area contributed by atoms with Gasteiger partial charge in [-0.25, -0.2) is 0 Å². The van der Waals surface area contributed by atoms with Crippen LogP contribution in [-0.2, 0) is 11.3 Å². The van der Waals surface area contributed by atoms with E-state index in [1.807, 2.05) is 18.2 Å². The fraction of sp³-hybridized carbons (Fsp3) is 0.500. The van der Waals surface area contributed by atoms with Crippen LogP contribution >= 0.6 is 0 Å². The van der Waals surface area contributed by atoms with Crippen molar-refractivity contribution >= 4 is 0 Å². The molecule has 3 nitrogen and oxygen atoms in total. The lowest BCUT2D eigenvalue weighted by Gasteiger charge is -2.14. The van der Waals surface area contributed by atoms with Crippen LogP contribution in [0.15, 0.2) is 30.3 Å². The van der Waals surface area contributed by atoms with E-state index in [1.54, 1.807) is 0 Å². The number of ether oxygens (including phenoxy) is 1. The summed E-state index contributed by atoms with van der Waals surface area (Å²) in [6, 6.07) is 10.2. The Morgan fingerprint density at radius 1 is 1.20 bits per heavy atom. The van der Waals surface area contributed by atoms with Gasteiger partial charge in [0.1, 0.15) is 0 Å². The maximum absolute atomic E-state index is 5.55. The van der Waals surface area contributed by atoms with Crippen LogP contribution in [0.2, 0.25) is 0 Å². The Labute approximate surface area is 91.8 Å². The number of likely N-dealkylation sites (N-methyl/N-ethyl adjacent to an activating group) is 1. The highest BCUT2D eigenvalue weighted by atomic mass is 16.5. The lowest BCUT2D eigenvalue weighted by atomic mass is 10.2. The van der Waals surface area contributed by atoms with Crippen LogP contribution in [0, 0.1) is 0 Å². The SMILES string of the molecule is CN(CCN)CCOCc1ccccc1. The highest BCUT2D eigenvalue weighted by Gasteiger charge is 1.96. The largest absolute Gasteiger partial charge is 0.375 e. The molecule has 0 unspecified atom stereocenters. The summed E-state index contributed by atoms with van der Waals surface area (Å²) in [6.45, 7) is 4.01. The third-order valence-corrected chi connectivity index (χ3v) is 2.24. The van der Waals surface area contributed by atoms with Crippen LogP contribution in [0.4, 0.5) is 0 Å². The molecule has 1 aromatic carbocycles. The normalized spacial score (nSPS) is 10.9. The Bertz CT molecular complexity index is 251. The molecule has 0 aliphatic rings. The Balaban J connectivity index is 2.07. The summed E-state index contributed by atoms with van der Waals surface area (Å²) in [7, 11) is 2.05. The fourth-order valence-corrected chi connectivity index (χ4v) is 1.32. The van der Waals surface area contributed by atoms with Crippen molar-refractivity contribution in [2.75, 3.05) is 33.3 Å². The van der Waals surface area contributed by atoms with Gasteiger partial charge in [0.15, 0.2) is 0 Å². The van der Waals surface area contributed by atoms with Crippen LogP contribution in [0.25, 0.3) is 0 Å². The summed E-state index contributed by atoms with van der Waals surface area (Å²) in [5, 5.41) is 0. The zero-order chi connectivity index (χ0) is 10.9. The van der Waals surface area contributed by atoms with Crippen LogP contribution in [-0.4, -0.2) is 38.2 Å². The van der Waals surface area contributed by atoms with Crippen molar-refractivity contribution < 1.29 is 4.74 Å². The Morgan fingerprint density at radius 2 is 1.93 bits per heavy atom. The standard InChI is InChI=1S/C12H20N2O/c1-14(8-7-13)9-10-15-11-12-5-3-2-4-6-12/h2-6H,7-11,13H2,1H3. The molecular weight excluding hydrogens is 188 g/mol.